The fourth-order valence-corrected chi connectivity index (χ4v) is 0.939. The summed E-state index contributed by atoms with van der Waals surface area (Å²) in [5.74, 6) is 0. The summed E-state index contributed by atoms with van der Waals surface area (Å²) in [5.41, 5.74) is 1.35. The molecule has 0 aromatic carbocycles. The van der Waals surface area contributed by atoms with Gasteiger partial charge in [0.15, 0.2) is 0 Å². The minimum absolute atomic E-state index is 0.800. The van der Waals surface area contributed by atoms with Crippen LogP contribution in [0.5, 0.6) is 0 Å². The molecule has 0 radical (unpaired) electrons. The summed E-state index contributed by atoms with van der Waals surface area (Å²) in [4.78, 5) is 0. The van der Waals surface area contributed by atoms with Gasteiger partial charge in [-0.25, -0.2) is 0 Å². The van der Waals surface area contributed by atoms with E-state index in [9.17, 15) is 0 Å². The van der Waals surface area contributed by atoms with Gasteiger partial charge in [0.1, 0.15) is 0 Å². The molecule has 0 spiro atoms. The van der Waals surface area contributed by atoms with Crippen LogP contribution in [0.15, 0.2) is 12.2 Å². The van der Waals surface area contributed by atoms with Crippen molar-refractivity contribution in [3.63, 3.8) is 0 Å². The first kappa shape index (κ1) is 11.7. The van der Waals surface area contributed by atoms with Crippen molar-refractivity contribution in [2.75, 3.05) is 26.8 Å². The van der Waals surface area contributed by atoms with Crippen LogP contribution in [0.25, 0.3) is 0 Å². The van der Waals surface area contributed by atoms with E-state index in [1.165, 1.54) is 12.0 Å². The summed E-state index contributed by atoms with van der Waals surface area (Å²) < 4.78 is 4.91. The van der Waals surface area contributed by atoms with Gasteiger partial charge in [0, 0.05) is 13.7 Å². The molecule has 0 aromatic rings. The Labute approximate surface area is 76.0 Å². The molecular formula is C10H21NO. The highest BCUT2D eigenvalue weighted by molar-refractivity contribution is 4.91. The maximum absolute atomic E-state index is 4.91. The van der Waals surface area contributed by atoms with E-state index in [4.69, 9.17) is 4.74 Å². The van der Waals surface area contributed by atoms with Gasteiger partial charge in [-0.15, -0.1) is 0 Å². The number of hydrogen-bond acceptors (Lipinski definition) is 2. The van der Waals surface area contributed by atoms with Crippen LogP contribution in [0.4, 0.5) is 0 Å². The molecule has 0 saturated heterocycles. The summed E-state index contributed by atoms with van der Waals surface area (Å²) in [6, 6.07) is 0. The first-order valence-corrected chi connectivity index (χ1v) is 4.67. The fraction of sp³-hybridized carbons (Fsp3) is 0.800. The topological polar surface area (TPSA) is 21.3 Å². The molecule has 0 rings (SSSR count). The van der Waals surface area contributed by atoms with Crippen molar-refractivity contribution in [1.29, 1.82) is 0 Å². The van der Waals surface area contributed by atoms with Crippen LogP contribution in [0.2, 0.25) is 0 Å². The second kappa shape index (κ2) is 8.75. The molecule has 1 N–H and O–H groups in total. The third-order valence-electron chi connectivity index (χ3n) is 1.87. The first-order chi connectivity index (χ1) is 5.81. The highest BCUT2D eigenvalue weighted by atomic mass is 16.5. The lowest BCUT2D eigenvalue weighted by Crippen LogP contribution is -2.20. The van der Waals surface area contributed by atoms with Gasteiger partial charge in [-0.1, -0.05) is 19.1 Å². The van der Waals surface area contributed by atoms with Gasteiger partial charge in [0.25, 0.3) is 0 Å². The Morgan fingerprint density at radius 1 is 1.42 bits per heavy atom. The molecule has 0 atom stereocenters. The first-order valence-electron chi connectivity index (χ1n) is 4.67. The molecule has 0 aromatic heterocycles. The van der Waals surface area contributed by atoms with E-state index in [0.29, 0.717) is 0 Å². The average Bonchev–Trinajstić information content (AvgIpc) is 2.10. The molecule has 72 valence electrons. The quantitative estimate of drug-likeness (QED) is 0.445. The molecule has 0 amide bonds. The van der Waals surface area contributed by atoms with Crippen molar-refractivity contribution in [2.45, 2.75) is 26.2 Å². The third kappa shape index (κ3) is 7.76. The van der Waals surface area contributed by atoms with Crippen molar-refractivity contribution >= 4 is 0 Å². The van der Waals surface area contributed by atoms with Gasteiger partial charge >= 0.3 is 0 Å². The summed E-state index contributed by atoms with van der Waals surface area (Å²) in [5, 5.41) is 3.30. The largest absolute Gasteiger partial charge is 0.383 e. The minimum Gasteiger partial charge on any atom is -0.383 e. The Balaban J connectivity index is 2.95. The van der Waals surface area contributed by atoms with E-state index >= 15 is 0 Å². The minimum atomic E-state index is 0.800. The number of allylic oxidation sites excluding steroid dienone is 1. The molecular weight excluding hydrogens is 150 g/mol. The molecule has 0 unspecified atom stereocenters. The second-order valence-electron chi connectivity index (χ2n) is 2.95. The van der Waals surface area contributed by atoms with Crippen molar-refractivity contribution < 1.29 is 4.74 Å². The van der Waals surface area contributed by atoms with Gasteiger partial charge in [-0.2, -0.15) is 0 Å². The Bertz CT molecular complexity index is 112. The molecule has 0 bridgehead atoms. The lowest BCUT2D eigenvalue weighted by molar-refractivity contribution is 0.199. The van der Waals surface area contributed by atoms with Gasteiger partial charge in [-0.05, 0) is 25.8 Å². The van der Waals surface area contributed by atoms with Crippen molar-refractivity contribution in [3.05, 3.63) is 12.2 Å². The third-order valence-corrected chi connectivity index (χ3v) is 1.87. The van der Waals surface area contributed by atoms with Crippen LogP contribution in [-0.4, -0.2) is 26.8 Å². The second-order valence-corrected chi connectivity index (χ2v) is 2.95. The number of rotatable bonds is 8. The number of methoxy groups -OCH3 is 1. The molecule has 0 fully saturated rings. The molecule has 2 heteroatoms. The van der Waals surface area contributed by atoms with E-state index in [-0.39, 0.29) is 0 Å². The molecule has 0 heterocycles. The lowest BCUT2D eigenvalue weighted by Gasteiger charge is -2.04. The predicted octanol–water partition coefficient (Wildman–Crippen LogP) is 1.97. The molecule has 2 nitrogen and oxygen atoms in total. The molecule has 0 aliphatic heterocycles. The Morgan fingerprint density at radius 3 is 2.75 bits per heavy atom. The standard InChI is InChI=1S/C10H21NO/c1-4-10(2)6-5-7-11-8-9-12-3/h11H,2,4-9H2,1,3H3. The normalized spacial score (nSPS) is 10.2. The molecule has 0 aliphatic carbocycles. The maximum atomic E-state index is 4.91. The van der Waals surface area contributed by atoms with E-state index in [1.807, 2.05) is 0 Å². The number of ether oxygens (including phenoxy) is 1. The highest BCUT2D eigenvalue weighted by Gasteiger charge is 1.91. The van der Waals surface area contributed by atoms with Crippen LogP contribution in [0.1, 0.15) is 26.2 Å². The van der Waals surface area contributed by atoms with Gasteiger partial charge in [0.05, 0.1) is 6.61 Å². The number of nitrogens with one attached hydrogen (secondary N) is 1. The summed E-state index contributed by atoms with van der Waals surface area (Å²) in [6.45, 7) is 8.93. The molecule has 12 heavy (non-hydrogen) atoms. The van der Waals surface area contributed by atoms with Crippen LogP contribution in [0, 0.1) is 0 Å². The van der Waals surface area contributed by atoms with Gasteiger partial charge in [0.2, 0.25) is 0 Å². The fourth-order valence-electron chi connectivity index (χ4n) is 0.939. The van der Waals surface area contributed by atoms with E-state index < -0.39 is 0 Å². The van der Waals surface area contributed by atoms with Gasteiger partial charge in [-0.3, -0.25) is 0 Å². The maximum Gasteiger partial charge on any atom is 0.0587 e. The Morgan fingerprint density at radius 2 is 2.17 bits per heavy atom. The zero-order chi connectivity index (χ0) is 9.23. The van der Waals surface area contributed by atoms with Gasteiger partial charge < -0.3 is 10.1 Å². The molecule has 0 aliphatic rings. The van der Waals surface area contributed by atoms with Crippen LogP contribution in [0.3, 0.4) is 0 Å². The van der Waals surface area contributed by atoms with Crippen molar-refractivity contribution in [3.8, 4) is 0 Å². The Hall–Kier alpha value is -0.340. The average molecular weight is 171 g/mol. The SMILES string of the molecule is C=C(CC)CCCNCCOC. The van der Waals surface area contributed by atoms with Crippen LogP contribution >= 0.6 is 0 Å². The van der Waals surface area contributed by atoms with Crippen LogP contribution in [-0.2, 0) is 4.74 Å². The zero-order valence-electron chi connectivity index (χ0n) is 8.36. The van der Waals surface area contributed by atoms with Crippen molar-refractivity contribution in [1.82, 2.24) is 5.32 Å². The predicted molar refractivity (Wildman–Crippen MR) is 53.4 cm³/mol. The molecule has 0 saturated carbocycles. The Kier molecular flexibility index (Phi) is 8.51. The smallest absolute Gasteiger partial charge is 0.0587 e. The lowest BCUT2D eigenvalue weighted by atomic mass is 10.1. The monoisotopic (exact) mass is 171 g/mol. The van der Waals surface area contributed by atoms with E-state index in [0.717, 1.165) is 32.5 Å². The van der Waals surface area contributed by atoms with E-state index in [2.05, 4.69) is 18.8 Å². The highest BCUT2D eigenvalue weighted by Crippen LogP contribution is 2.04. The number of hydrogen-bond donors (Lipinski definition) is 1. The summed E-state index contributed by atoms with van der Waals surface area (Å²) in [6.07, 6.45) is 3.45. The van der Waals surface area contributed by atoms with Crippen molar-refractivity contribution in [2.24, 2.45) is 0 Å². The van der Waals surface area contributed by atoms with Crippen LogP contribution < -0.4 is 5.32 Å². The summed E-state index contributed by atoms with van der Waals surface area (Å²) in [7, 11) is 1.72. The zero-order valence-corrected chi connectivity index (χ0v) is 8.36. The van der Waals surface area contributed by atoms with E-state index in [1.54, 1.807) is 7.11 Å². The summed E-state index contributed by atoms with van der Waals surface area (Å²) >= 11 is 0.